The van der Waals surface area contributed by atoms with Crippen molar-refractivity contribution in [3.8, 4) is 0 Å². The summed E-state index contributed by atoms with van der Waals surface area (Å²) in [5, 5.41) is 0. The van der Waals surface area contributed by atoms with E-state index in [1.54, 1.807) is 0 Å². The fourth-order valence-corrected chi connectivity index (χ4v) is 3.82. The van der Waals surface area contributed by atoms with Gasteiger partial charge in [-0.15, -0.1) is 0 Å². The van der Waals surface area contributed by atoms with Crippen LogP contribution in [0.1, 0.15) is 50.6 Å². The summed E-state index contributed by atoms with van der Waals surface area (Å²) in [7, 11) is 4.16. The van der Waals surface area contributed by atoms with Gasteiger partial charge >= 0.3 is 5.97 Å². The average molecular weight is 321 g/mol. The van der Waals surface area contributed by atoms with Crippen molar-refractivity contribution in [2.24, 2.45) is 11.8 Å². The molecule has 1 aliphatic rings. The molecule has 1 saturated carbocycles. The third kappa shape index (κ3) is 5.03. The van der Waals surface area contributed by atoms with Crippen LogP contribution < -0.4 is 0 Å². The molecule has 1 unspecified atom stereocenters. The first kappa shape index (κ1) is 17.9. The first-order valence-electron chi connectivity index (χ1n) is 8.58. The maximum atomic E-state index is 13.2. The highest BCUT2D eigenvalue weighted by Crippen LogP contribution is 2.40. The molecule has 1 fully saturated rings. The smallest absolute Gasteiger partial charge is 0.306 e. The lowest BCUT2D eigenvalue weighted by molar-refractivity contribution is -0.144. The number of hydrogen-bond donors (Lipinski definition) is 0. The van der Waals surface area contributed by atoms with Gasteiger partial charge in [-0.25, -0.2) is 4.39 Å². The molecular weight excluding hydrogens is 293 g/mol. The van der Waals surface area contributed by atoms with Crippen LogP contribution >= 0.6 is 0 Å². The highest BCUT2D eigenvalue weighted by Gasteiger charge is 2.30. The van der Waals surface area contributed by atoms with Crippen LogP contribution in [-0.2, 0) is 9.53 Å². The van der Waals surface area contributed by atoms with Gasteiger partial charge in [-0.2, -0.15) is 0 Å². The molecule has 0 aliphatic heterocycles. The number of esters is 1. The molecule has 0 amide bonds. The van der Waals surface area contributed by atoms with E-state index < -0.39 is 0 Å². The molecule has 0 saturated heterocycles. The minimum Gasteiger partial charge on any atom is -0.466 e. The normalized spacial score (nSPS) is 22.8. The molecule has 3 nitrogen and oxygen atoms in total. The Morgan fingerprint density at radius 1 is 1.22 bits per heavy atom. The Kier molecular flexibility index (Phi) is 6.58. The number of benzene rings is 1. The van der Waals surface area contributed by atoms with Crippen LogP contribution in [0.4, 0.5) is 4.39 Å². The van der Waals surface area contributed by atoms with Crippen LogP contribution in [0, 0.1) is 17.7 Å². The molecule has 1 aromatic rings. The van der Waals surface area contributed by atoms with E-state index in [0.29, 0.717) is 30.9 Å². The van der Waals surface area contributed by atoms with E-state index in [1.807, 2.05) is 19.1 Å². The topological polar surface area (TPSA) is 29.5 Å². The average Bonchev–Trinajstić information content (AvgIpc) is 2.51. The second-order valence-corrected chi connectivity index (χ2v) is 6.75. The van der Waals surface area contributed by atoms with Crippen molar-refractivity contribution in [2.75, 3.05) is 20.7 Å². The van der Waals surface area contributed by atoms with Crippen molar-refractivity contribution in [1.82, 2.24) is 4.90 Å². The van der Waals surface area contributed by atoms with E-state index in [0.717, 1.165) is 25.7 Å². The summed E-state index contributed by atoms with van der Waals surface area (Å²) in [6.07, 6.45) is 4.88. The molecular formula is C19H28FNO2. The number of hydrogen-bond acceptors (Lipinski definition) is 3. The van der Waals surface area contributed by atoms with Crippen LogP contribution in [0.3, 0.4) is 0 Å². The Hall–Kier alpha value is -1.42. The fraction of sp³-hybridized carbons (Fsp3) is 0.632. The van der Waals surface area contributed by atoms with Gasteiger partial charge in [0.05, 0.1) is 6.61 Å². The minimum atomic E-state index is -0.190. The van der Waals surface area contributed by atoms with Crippen LogP contribution in [0.15, 0.2) is 24.3 Å². The van der Waals surface area contributed by atoms with Crippen LogP contribution in [0.5, 0.6) is 0 Å². The standard InChI is InChI=1S/C19H28FNO2/c1-4-23-18(22)13-14-5-7-15(8-6-14)19(21(2)3)16-9-11-17(20)12-10-16/h9-12,14-15,19H,4-8,13H2,1-3H3. The molecule has 0 bridgehead atoms. The first-order valence-corrected chi connectivity index (χ1v) is 8.58. The molecule has 128 valence electrons. The van der Waals surface area contributed by atoms with Gasteiger partial charge in [0.15, 0.2) is 0 Å². The summed E-state index contributed by atoms with van der Waals surface area (Å²) in [4.78, 5) is 13.8. The highest BCUT2D eigenvalue weighted by atomic mass is 19.1. The van der Waals surface area contributed by atoms with Crippen molar-refractivity contribution < 1.29 is 13.9 Å². The molecule has 1 atom stereocenters. The molecule has 0 radical (unpaired) electrons. The summed E-state index contributed by atoms with van der Waals surface area (Å²) in [6, 6.07) is 7.17. The van der Waals surface area contributed by atoms with E-state index in [9.17, 15) is 9.18 Å². The number of carbonyl (C=O) groups is 1. The number of nitrogens with zero attached hydrogens (tertiary/aromatic N) is 1. The summed E-state index contributed by atoms with van der Waals surface area (Å²) >= 11 is 0. The largest absolute Gasteiger partial charge is 0.466 e. The number of carbonyl (C=O) groups excluding carboxylic acids is 1. The maximum Gasteiger partial charge on any atom is 0.306 e. The Labute approximate surface area is 138 Å². The Balaban J connectivity index is 1.95. The quantitative estimate of drug-likeness (QED) is 0.736. The van der Waals surface area contributed by atoms with E-state index in [-0.39, 0.29) is 11.8 Å². The molecule has 4 heteroatoms. The van der Waals surface area contributed by atoms with Gasteiger partial charge in [-0.3, -0.25) is 4.79 Å². The number of halogens is 1. The SMILES string of the molecule is CCOC(=O)CC1CCC(C(c2ccc(F)cc2)N(C)C)CC1. The zero-order chi connectivity index (χ0) is 16.8. The van der Waals surface area contributed by atoms with Crippen molar-refractivity contribution in [3.63, 3.8) is 0 Å². The highest BCUT2D eigenvalue weighted by molar-refractivity contribution is 5.69. The van der Waals surface area contributed by atoms with Gasteiger partial charge in [-0.1, -0.05) is 12.1 Å². The second kappa shape index (κ2) is 8.44. The van der Waals surface area contributed by atoms with E-state index in [4.69, 9.17) is 4.74 Å². The van der Waals surface area contributed by atoms with Crippen molar-refractivity contribution in [3.05, 3.63) is 35.6 Å². The maximum absolute atomic E-state index is 13.2. The van der Waals surface area contributed by atoms with E-state index in [1.165, 1.54) is 17.7 Å². The van der Waals surface area contributed by atoms with Crippen LogP contribution in [0.2, 0.25) is 0 Å². The van der Waals surface area contributed by atoms with Gasteiger partial charge in [0.2, 0.25) is 0 Å². The van der Waals surface area contributed by atoms with Gasteiger partial charge < -0.3 is 9.64 Å². The number of rotatable bonds is 6. The van der Waals surface area contributed by atoms with Crippen molar-refractivity contribution in [1.29, 1.82) is 0 Å². The third-order valence-electron chi connectivity index (χ3n) is 4.87. The van der Waals surface area contributed by atoms with Crippen molar-refractivity contribution >= 4 is 5.97 Å². The summed E-state index contributed by atoms with van der Waals surface area (Å²) < 4.78 is 18.2. The fourth-order valence-electron chi connectivity index (χ4n) is 3.82. The molecule has 23 heavy (non-hydrogen) atoms. The van der Waals surface area contributed by atoms with Crippen molar-refractivity contribution in [2.45, 2.75) is 45.1 Å². The predicted octanol–water partition coefficient (Wildman–Crippen LogP) is 4.19. The summed E-state index contributed by atoms with van der Waals surface area (Å²) in [6.45, 7) is 2.31. The Morgan fingerprint density at radius 2 is 1.83 bits per heavy atom. The third-order valence-corrected chi connectivity index (χ3v) is 4.87. The molecule has 1 aromatic carbocycles. The molecule has 0 N–H and O–H groups in total. The lowest BCUT2D eigenvalue weighted by atomic mass is 9.75. The molecule has 0 heterocycles. The molecule has 2 rings (SSSR count). The zero-order valence-electron chi connectivity index (χ0n) is 14.4. The van der Waals surface area contributed by atoms with Crippen LogP contribution in [-0.4, -0.2) is 31.6 Å². The van der Waals surface area contributed by atoms with Gasteiger partial charge in [0.25, 0.3) is 0 Å². The predicted molar refractivity (Wildman–Crippen MR) is 89.5 cm³/mol. The summed E-state index contributed by atoms with van der Waals surface area (Å²) in [5.74, 6) is 0.735. The van der Waals surface area contributed by atoms with Gasteiger partial charge in [0, 0.05) is 12.5 Å². The van der Waals surface area contributed by atoms with Gasteiger partial charge in [-0.05, 0) is 76.2 Å². The summed E-state index contributed by atoms with van der Waals surface area (Å²) in [5.41, 5.74) is 1.17. The van der Waals surface area contributed by atoms with E-state index in [2.05, 4.69) is 19.0 Å². The van der Waals surface area contributed by atoms with E-state index >= 15 is 0 Å². The molecule has 0 aromatic heterocycles. The first-order chi connectivity index (χ1) is 11.0. The Morgan fingerprint density at radius 3 is 2.35 bits per heavy atom. The monoisotopic (exact) mass is 321 g/mol. The lowest BCUT2D eigenvalue weighted by Crippen LogP contribution is -2.31. The number of ether oxygens (including phenoxy) is 1. The van der Waals surface area contributed by atoms with Crippen LogP contribution in [0.25, 0.3) is 0 Å². The van der Waals surface area contributed by atoms with Gasteiger partial charge in [0.1, 0.15) is 5.82 Å². The molecule has 0 spiro atoms. The Bertz CT molecular complexity index is 493. The molecule has 1 aliphatic carbocycles. The zero-order valence-corrected chi connectivity index (χ0v) is 14.4. The minimum absolute atomic E-state index is 0.0707. The second-order valence-electron chi connectivity index (χ2n) is 6.75. The lowest BCUT2D eigenvalue weighted by Gasteiger charge is -2.37.